The van der Waals surface area contributed by atoms with Gasteiger partial charge in [-0.15, -0.1) is 0 Å². The lowest BCUT2D eigenvalue weighted by molar-refractivity contribution is 0.518. The molecule has 2 aliphatic carbocycles. The third-order valence-electron chi connectivity index (χ3n) is 7.99. The summed E-state index contributed by atoms with van der Waals surface area (Å²) in [6, 6.07) is 28.8. The molecule has 0 N–H and O–H groups in total. The molecule has 8 rings (SSSR count). The van der Waals surface area contributed by atoms with Gasteiger partial charge >= 0.3 is 0 Å². The van der Waals surface area contributed by atoms with Crippen LogP contribution in [0.2, 0.25) is 0 Å². The van der Waals surface area contributed by atoms with Crippen LogP contribution in [-0.4, -0.2) is 24.5 Å². The molecule has 6 aromatic rings. The zero-order chi connectivity index (χ0) is 25.1. The van der Waals surface area contributed by atoms with Crippen LogP contribution in [0.15, 0.2) is 96.7 Å². The molecule has 0 aliphatic heterocycles. The zero-order valence-corrected chi connectivity index (χ0v) is 20.9. The van der Waals surface area contributed by atoms with Crippen LogP contribution in [0.1, 0.15) is 42.7 Å². The first-order chi connectivity index (χ1) is 18.8. The Labute approximate surface area is 220 Å². The zero-order valence-electron chi connectivity index (χ0n) is 20.9. The van der Waals surface area contributed by atoms with Gasteiger partial charge < -0.3 is 0 Å². The topological polar surface area (TPSA) is 56.5 Å². The fourth-order valence-electron chi connectivity index (χ4n) is 6.24. The van der Waals surface area contributed by atoms with Crippen LogP contribution in [-0.2, 0) is 0 Å². The average molecular weight is 492 g/mol. The SMILES string of the molecule is C1=C2CCCC(C2)c2cnc3c(c21)c1ccccc1n3-c1nc(-c2ccccc2)nc(-c2ccccc2)n1. The van der Waals surface area contributed by atoms with Crippen LogP contribution in [0.5, 0.6) is 0 Å². The lowest BCUT2D eigenvalue weighted by atomic mass is 9.75. The molecule has 5 nitrogen and oxygen atoms in total. The van der Waals surface area contributed by atoms with Gasteiger partial charge in [-0.1, -0.05) is 90.5 Å². The summed E-state index contributed by atoms with van der Waals surface area (Å²) in [5, 5.41) is 2.39. The Balaban J connectivity index is 1.45. The first-order valence-corrected chi connectivity index (χ1v) is 13.3. The van der Waals surface area contributed by atoms with Crippen molar-refractivity contribution in [3.8, 4) is 28.7 Å². The summed E-state index contributed by atoms with van der Waals surface area (Å²) in [4.78, 5) is 20.0. The number of rotatable bonds is 3. The Bertz CT molecular complexity index is 1810. The Morgan fingerprint density at radius 1 is 0.737 bits per heavy atom. The minimum atomic E-state index is 0.573. The van der Waals surface area contributed by atoms with Gasteiger partial charge in [0, 0.05) is 28.1 Å². The first kappa shape index (κ1) is 21.4. The number of hydrogen-bond donors (Lipinski definition) is 0. The normalized spacial score (nSPS) is 16.4. The molecule has 5 heteroatoms. The lowest BCUT2D eigenvalue weighted by Gasteiger charge is -2.30. The summed E-state index contributed by atoms with van der Waals surface area (Å²) >= 11 is 0. The van der Waals surface area contributed by atoms with E-state index in [-0.39, 0.29) is 0 Å². The predicted octanol–water partition coefficient (Wildman–Crippen LogP) is 7.75. The molecule has 38 heavy (non-hydrogen) atoms. The van der Waals surface area contributed by atoms with Crippen LogP contribution in [0.3, 0.4) is 0 Å². The van der Waals surface area contributed by atoms with Crippen molar-refractivity contribution < 1.29 is 0 Å². The van der Waals surface area contributed by atoms with Gasteiger partial charge in [0.25, 0.3) is 0 Å². The second-order valence-corrected chi connectivity index (χ2v) is 10.3. The highest BCUT2D eigenvalue weighted by Gasteiger charge is 2.29. The summed E-state index contributed by atoms with van der Waals surface area (Å²) < 4.78 is 2.12. The van der Waals surface area contributed by atoms with Crippen molar-refractivity contribution in [2.24, 2.45) is 0 Å². The summed E-state index contributed by atoms with van der Waals surface area (Å²) in [5.41, 5.74) is 8.14. The molecule has 0 amide bonds. The van der Waals surface area contributed by atoms with Crippen molar-refractivity contribution in [3.05, 3.63) is 108 Å². The van der Waals surface area contributed by atoms with E-state index in [0.717, 1.165) is 22.3 Å². The fraction of sp³-hybridized carbons (Fsp3) is 0.152. The van der Waals surface area contributed by atoms with Gasteiger partial charge in [0.1, 0.15) is 5.65 Å². The Morgan fingerprint density at radius 2 is 1.42 bits per heavy atom. The van der Waals surface area contributed by atoms with E-state index in [1.54, 1.807) is 5.57 Å². The van der Waals surface area contributed by atoms with E-state index in [0.29, 0.717) is 23.5 Å². The quantitative estimate of drug-likeness (QED) is 0.254. The second kappa shape index (κ2) is 8.45. The molecule has 182 valence electrons. The highest BCUT2D eigenvalue weighted by Crippen LogP contribution is 2.46. The maximum atomic E-state index is 5.09. The number of pyridine rings is 1. The van der Waals surface area contributed by atoms with Gasteiger partial charge in [0.15, 0.2) is 11.6 Å². The number of allylic oxidation sites excluding steroid dienone is 1. The molecule has 1 fully saturated rings. The van der Waals surface area contributed by atoms with Crippen LogP contribution in [0.4, 0.5) is 0 Å². The summed E-state index contributed by atoms with van der Waals surface area (Å²) in [6.45, 7) is 0. The predicted molar refractivity (Wildman–Crippen MR) is 152 cm³/mol. The number of hydrogen-bond acceptors (Lipinski definition) is 4. The van der Waals surface area contributed by atoms with E-state index in [9.17, 15) is 0 Å². The molecule has 2 bridgehead atoms. The molecular formula is C33H25N5. The molecule has 1 atom stereocenters. The van der Waals surface area contributed by atoms with Crippen molar-refractivity contribution in [1.29, 1.82) is 0 Å². The average Bonchev–Trinajstić information content (AvgIpc) is 3.33. The molecule has 1 unspecified atom stereocenters. The van der Waals surface area contributed by atoms with Crippen molar-refractivity contribution in [3.63, 3.8) is 0 Å². The highest BCUT2D eigenvalue weighted by atomic mass is 15.2. The number of aromatic nitrogens is 5. The second-order valence-electron chi connectivity index (χ2n) is 10.3. The van der Waals surface area contributed by atoms with E-state index in [4.69, 9.17) is 19.9 Å². The Hall–Kier alpha value is -4.64. The summed E-state index contributed by atoms with van der Waals surface area (Å²) in [6.07, 6.45) is 9.42. The van der Waals surface area contributed by atoms with E-state index in [2.05, 4.69) is 41.1 Å². The minimum Gasteiger partial charge on any atom is -0.262 e. The molecular weight excluding hydrogens is 466 g/mol. The van der Waals surface area contributed by atoms with Gasteiger partial charge in [0.05, 0.1) is 5.52 Å². The number of fused-ring (bicyclic) bond motifs is 8. The van der Waals surface area contributed by atoms with Crippen LogP contribution in [0.25, 0.3) is 56.7 Å². The molecule has 0 saturated heterocycles. The first-order valence-electron chi connectivity index (χ1n) is 13.3. The van der Waals surface area contributed by atoms with E-state index in [1.165, 1.54) is 47.6 Å². The summed E-state index contributed by atoms with van der Waals surface area (Å²) in [5.74, 6) is 2.45. The molecule has 3 heterocycles. The smallest absolute Gasteiger partial charge is 0.240 e. The van der Waals surface area contributed by atoms with Crippen molar-refractivity contribution >= 4 is 28.0 Å². The largest absolute Gasteiger partial charge is 0.262 e. The van der Waals surface area contributed by atoms with Gasteiger partial charge in [-0.2, -0.15) is 9.97 Å². The minimum absolute atomic E-state index is 0.573. The molecule has 0 spiro atoms. The number of benzene rings is 3. The molecule has 2 aliphatic rings. The Morgan fingerprint density at radius 3 is 2.16 bits per heavy atom. The van der Waals surface area contributed by atoms with Crippen molar-refractivity contribution in [2.45, 2.75) is 31.6 Å². The lowest BCUT2D eigenvalue weighted by Crippen LogP contribution is -2.13. The van der Waals surface area contributed by atoms with Crippen LogP contribution >= 0.6 is 0 Å². The van der Waals surface area contributed by atoms with Gasteiger partial charge in [-0.3, -0.25) is 4.57 Å². The maximum absolute atomic E-state index is 5.09. The Kier molecular flexibility index (Phi) is 4.77. The van der Waals surface area contributed by atoms with Crippen LogP contribution < -0.4 is 0 Å². The van der Waals surface area contributed by atoms with Gasteiger partial charge in [-0.25, -0.2) is 9.97 Å². The van der Waals surface area contributed by atoms with Gasteiger partial charge in [0.2, 0.25) is 5.95 Å². The molecule has 3 aromatic heterocycles. The number of para-hydroxylation sites is 1. The van der Waals surface area contributed by atoms with Crippen molar-refractivity contribution in [1.82, 2.24) is 24.5 Å². The van der Waals surface area contributed by atoms with Crippen molar-refractivity contribution in [2.75, 3.05) is 0 Å². The molecule has 3 aromatic carbocycles. The maximum Gasteiger partial charge on any atom is 0.240 e. The van der Waals surface area contributed by atoms with E-state index >= 15 is 0 Å². The monoisotopic (exact) mass is 491 g/mol. The molecule has 0 radical (unpaired) electrons. The standard InChI is InChI=1S/C33H25N5/c1-3-11-22(12-4-1)30-35-31(23-13-5-2-6-14-23)37-33(36-30)38-28-17-8-7-16-25(28)29-26-19-21-10-9-15-24(18-21)27(26)20-34-32(29)38/h1-8,11-14,16-17,19-20,24H,9-10,15,18H2. The third-order valence-corrected chi connectivity index (χ3v) is 7.99. The fourth-order valence-corrected chi connectivity index (χ4v) is 6.24. The van der Waals surface area contributed by atoms with Crippen LogP contribution in [0, 0.1) is 0 Å². The highest BCUT2D eigenvalue weighted by molar-refractivity contribution is 6.12. The third kappa shape index (κ3) is 3.32. The van der Waals surface area contributed by atoms with E-state index in [1.807, 2.05) is 60.7 Å². The van der Waals surface area contributed by atoms with E-state index < -0.39 is 0 Å². The number of nitrogens with zero attached hydrogens (tertiary/aromatic N) is 5. The van der Waals surface area contributed by atoms with Gasteiger partial charge in [-0.05, 0) is 48.8 Å². The molecule has 1 saturated carbocycles. The summed E-state index contributed by atoms with van der Waals surface area (Å²) in [7, 11) is 0.